The highest BCUT2D eigenvalue weighted by molar-refractivity contribution is 7.99. The summed E-state index contributed by atoms with van der Waals surface area (Å²) in [6.07, 6.45) is 2.35. The molecule has 1 fully saturated rings. The molecule has 2 rings (SSSR count). The summed E-state index contributed by atoms with van der Waals surface area (Å²) in [6, 6.07) is 0. The van der Waals surface area contributed by atoms with E-state index in [4.69, 9.17) is 4.52 Å². The minimum Gasteiger partial charge on any atom is -0.339 e. The molecular weight excluding hydrogens is 234 g/mol. The van der Waals surface area contributed by atoms with Crippen LogP contribution in [0.15, 0.2) is 4.52 Å². The summed E-state index contributed by atoms with van der Waals surface area (Å²) < 4.78 is 5.60. The lowest BCUT2D eigenvalue weighted by Crippen LogP contribution is -2.28. The molecule has 1 N–H and O–H groups in total. The number of aromatic nitrogens is 2. The SMILES string of the molecule is CC(C)(C)SCc1noc(C2CCCNC2)n1. The molecule has 0 radical (unpaired) electrons. The third kappa shape index (κ3) is 4.00. The highest BCUT2D eigenvalue weighted by Gasteiger charge is 2.21. The fraction of sp³-hybridized carbons (Fsp3) is 0.833. The molecule has 1 aromatic rings. The van der Waals surface area contributed by atoms with Crippen molar-refractivity contribution in [3.8, 4) is 0 Å². The first kappa shape index (κ1) is 12.9. The van der Waals surface area contributed by atoms with Gasteiger partial charge in [0.2, 0.25) is 5.89 Å². The minimum atomic E-state index is 0.243. The van der Waals surface area contributed by atoms with Gasteiger partial charge in [0.1, 0.15) is 0 Å². The van der Waals surface area contributed by atoms with Crippen LogP contribution in [-0.4, -0.2) is 28.0 Å². The van der Waals surface area contributed by atoms with E-state index in [0.29, 0.717) is 5.92 Å². The maximum absolute atomic E-state index is 5.35. The highest BCUT2D eigenvalue weighted by Crippen LogP contribution is 2.27. The van der Waals surface area contributed by atoms with E-state index in [1.165, 1.54) is 6.42 Å². The fourth-order valence-corrected chi connectivity index (χ4v) is 2.51. The Morgan fingerprint density at radius 1 is 1.47 bits per heavy atom. The van der Waals surface area contributed by atoms with E-state index >= 15 is 0 Å². The van der Waals surface area contributed by atoms with Gasteiger partial charge in [-0.2, -0.15) is 4.98 Å². The molecule has 4 nitrogen and oxygen atoms in total. The maximum atomic E-state index is 5.35. The lowest BCUT2D eigenvalue weighted by Gasteiger charge is -2.18. The smallest absolute Gasteiger partial charge is 0.231 e. The maximum Gasteiger partial charge on any atom is 0.231 e. The van der Waals surface area contributed by atoms with Gasteiger partial charge in [-0.15, -0.1) is 11.8 Å². The second kappa shape index (κ2) is 5.40. The minimum absolute atomic E-state index is 0.243. The first-order chi connectivity index (χ1) is 8.04. The number of thioether (sulfide) groups is 1. The van der Waals surface area contributed by atoms with Crippen molar-refractivity contribution in [1.82, 2.24) is 15.5 Å². The van der Waals surface area contributed by atoms with Crippen LogP contribution >= 0.6 is 11.8 Å². The van der Waals surface area contributed by atoms with Crippen molar-refractivity contribution in [1.29, 1.82) is 0 Å². The van der Waals surface area contributed by atoms with Gasteiger partial charge in [-0.1, -0.05) is 25.9 Å². The summed E-state index contributed by atoms with van der Waals surface area (Å²) >= 11 is 1.85. The van der Waals surface area contributed by atoms with E-state index in [9.17, 15) is 0 Å². The molecule has 1 aliphatic rings. The number of nitrogens with one attached hydrogen (secondary N) is 1. The molecule has 2 heterocycles. The molecule has 0 amide bonds. The van der Waals surface area contributed by atoms with Crippen LogP contribution in [0.2, 0.25) is 0 Å². The molecule has 1 atom stereocenters. The molecule has 0 spiro atoms. The molecule has 96 valence electrons. The van der Waals surface area contributed by atoms with Crippen molar-refractivity contribution >= 4 is 11.8 Å². The highest BCUT2D eigenvalue weighted by atomic mass is 32.2. The Bertz CT molecular complexity index is 353. The van der Waals surface area contributed by atoms with Gasteiger partial charge in [0.25, 0.3) is 0 Å². The van der Waals surface area contributed by atoms with Crippen molar-refractivity contribution in [2.45, 2.75) is 50.0 Å². The first-order valence-corrected chi connectivity index (χ1v) is 7.20. The molecule has 5 heteroatoms. The average molecular weight is 255 g/mol. The average Bonchev–Trinajstić information content (AvgIpc) is 2.75. The Labute approximate surface area is 107 Å². The summed E-state index contributed by atoms with van der Waals surface area (Å²) in [6.45, 7) is 8.67. The Balaban J connectivity index is 1.91. The molecule has 0 aliphatic carbocycles. The van der Waals surface area contributed by atoms with Gasteiger partial charge in [-0.3, -0.25) is 0 Å². The summed E-state index contributed by atoms with van der Waals surface area (Å²) in [5.74, 6) is 2.87. The standard InChI is InChI=1S/C12H21N3OS/c1-12(2,3)17-8-10-14-11(16-15-10)9-5-4-6-13-7-9/h9,13H,4-8H2,1-3H3. The van der Waals surface area contributed by atoms with Crippen molar-refractivity contribution in [3.63, 3.8) is 0 Å². The van der Waals surface area contributed by atoms with Gasteiger partial charge in [0.15, 0.2) is 5.82 Å². The fourth-order valence-electron chi connectivity index (χ4n) is 1.84. The molecule has 1 unspecified atom stereocenters. The third-order valence-corrected chi connectivity index (χ3v) is 4.03. The van der Waals surface area contributed by atoms with E-state index < -0.39 is 0 Å². The van der Waals surface area contributed by atoms with Crippen molar-refractivity contribution < 1.29 is 4.52 Å². The van der Waals surface area contributed by atoms with Crippen LogP contribution < -0.4 is 5.32 Å². The molecule has 1 aliphatic heterocycles. The number of nitrogens with zero attached hydrogens (tertiary/aromatic N) is 2. The van der Waals surface area contributed by atoms with Crippen LogP contribution in [0.3, 0.4) is 0 Å². The summed E-state index contributed by atoms with van der Waals surface area (Å²) in [4.78, 5) is 4.50. The summed E-state index contributed by atoms with van der Waals surface area (Å²) in [7, 11) is 0. The molecule has 17 heavy (non-hydrogen) atoms. The monoisotopic (exact) mass is 255 g/mol. The molecule has 0 aromatic carbocycles. The van der Waals surface area contributed by atoms with Gasteiger partial charge in [-0.25, -0.2) is 0 Å². The van der Waals surface area contributed by atoms with Crippen LogP contribution in [0.1, 0.15) is 51.2 Å². The second-order valence-electron chi connectivity index (χ2n) is 5.49. The number of rotatable bonds is 3. The lowest BCUT2D eigenvalue weighted by molar-refractivity contribution is 0.320. The molecule has 1 saturated heterocycles. The van der Waals surface area contributed by atoms with Crippen molar-refractivity contribution in [2.75, 3.05) is 13.1 Å². The molecule has 0 saturated carbocycles. The van der Waals surface area contributed by atoms with Crippen LogP contribution in [0.25, 0.3) is 0 Å². The summed E-state index contributed by atoms with van der Waals surface area (Å²) in [5.41, 5.74) is 0. The predicted octanol–water partition coefficient (Wildman–Crippen LogP) is 2.57. The van der Waals surface area contributed by atoms with Gasteiger partial charge in [0.05, 0.1) is 11.7 Å². The zero-order valence-electron chi connectivity index (χ0n) is 10.8. The second-order valence-corrected chi connectivity index (χ2v) is 7.30. The zero-order chi connectivity index (χ0) is 12.3. The van der Waals surface area contributed by atoms with Gasteiger partial charge in [-0.05, 0) is 19.4 Å². The Morgan fingerprint density at radius 2 is 2.29 bits per heavy atom. The molecule has 1 aromatic heterocycles. The number of hydrogen-bond acceptors (Lipinski definition) is 5. The van der Waals surface area contributed by atoms with Gasteiger partial charge >= 0.3 is 0 Å². The van der Waals surface area contributed by atoms with E-state index in [1.54, 1.807) is 0 Å². The van der Waals surface area contributed by atoms with E-state index in [0.717, 1.165) is 37.0 Å². The lowest BCUT2D eigenvalue weighted by atomic mass is 10.00. The number of piperidine rings is 1. The Morgan fingerprint density at radius 3 is 2.94 bits per heavy atom. The van der Waals surface area contributed by atoms with Gasteiger partial charge in [0, 0.05) is 11.3 Å². The van der Waals surface area contributed by atoms with Crippen LogP contribution in [-0.2, 0) is 5.75 Å². The normalized spacial score (nSPS) is 21.7. The van der Waals surface area contributed by atoms with Crippen LogP contribution in [0.4, 0.5) is 0 Å². The molecule has 0 bridgehead atoms. The first-order valence-electron chi connectivity index (χ1n) is 6.22. The van der Waals surface area contributed by atoms with Crippen molar-refractivity contribution in [3.05, 3.63) is 11.7 Å². The third-order valence-electron chi connectivity index (χ3n) is 2.76. The Kier molecular flexibility index (Phi) is 4.09. The van der Waals surface area contributed by atoms with Crippen LogP contribution in [0, 0.1) is 0 Å². The largest absolute Gasteiger partial charge is 0.339 e. The predicted molar refractivity (Wildman–Crippen MR) is 70.2 cm³/mol. The van der Waals surface area contributed by atoms with E-state index in [-0.39, 0.29) is 4.75 Å². The zero-order valence-corrected chi connectivity index (χ0v) is 11.6. The Hall–Kier alpha value is -0.550. The van der Waals surface area contributed by atoms with Crippen LogP contribution in [0.5, 0.6) is 0 Å². The van der Waals surface area contributed by atoms with Gasteiger partial charge < -0.3 is 9.84 Å². The van der Waals surface area contributed by atoms with E-state index in [1.807, 2.05) is 11.8 Å². The van der Waals surface area contributed by atoms with E-state index in [2.05, 4.69) is 36.2 Å². The molecular formula is C12H21N3OS. The quantitative estimate of drug-likeness (QED) is 0.899. The topological polar surface area (TPSA) is 51.0 Å². The summed E-state index contributed by atoms with van der Waals surface area (Å²) in [5, 5.41) is 7.43. The van der Waals surface area contributed by atoms with Crippen molar-refractivity contribution in [2.24, 2.45) is 0 Å². The number of hydrogen-bond donors (Lipinski definition) is 1.